The number of nitrogens with one attached hydrogen (secondary N) is 1. The van der Waals surface area contributed by atoms with E-state index < -0.39 is 6.67 Å². The Morgan fingerprint density at radius 2 is 2.10 bits per heavy atom. The largest absolute Gasteiger partial charge is 0.471 e. The second-order valence-corrected chi connectivity index (χ2v) is 7.16. The Balaban J connectivity index is 0.00000289. The van der Waals surface area contributed by atoms with Gasteiger partial charge in [0.1, 0.15) is 12.3 Å². The van der Waals surface area contributed by atoms with E-state index in [0.29, 0.717) is 30.0 Å². The van der Waals surface area contributed by atoms with Crippen LogP contribution in [0.1, 0.15) is 41.8 Å². The first-order chi connectivity index (χ1) is 15.1. The Labute approximate surface area is 179 Å². The summed E-state index contributed by atoms with van der Waals surface area (Å²) in [7, 11) is 0. The lowest BCUT2D eigenvalue weighted by atomic mass is 10.1. The van der Waals surface area contributed by atoms with Gasteiger partial charge < -0.3 is 19.3 Å². The highest BCUT2D eigenvalue weighted by Gasteiger charge is 2.20. The van der Waals surface area contributed by atoms with E-state index >= 15 is 0 Å². The van der Waals surface area contributed by atoms with E-state index in [9.17, 15) is 9.18 Å². The molecule has 1 aliphatic heterocycles. The van der Waals surface area contributed by atoms with Crippen LogP contribution in [0.4, 0.5) is 4.39 Å². The third-order valence-electron chi connectivity index (χ3n) is 4.97. The summed E-state index contributed by atoms with van der Waals surface area (Å²) in [6.45, 7) is 2.30. The van der Waals surface area contributed by atoms with Crippen LogP contribution in [0.15, 0.2) is 35.0 Å². The van der Waals surface area contributed by atoms with Crippen molar-refractivity contribution in [3.05, 3.63) is 53.2 Å². The molecule has 0 unspecified atom stereocenters. The van der Waals surface area contributed by atoms with Gasteiger partial charge in [-0.05, 0) is 38.0 Å². The van der Waals surface area contributed by atoms with Crippen LogP contribution >= 0.6 is 0 Å². The molecule has 1 saturated heterocycles. The van der Waals surface area contributed by atoms with Gasteiger partial charge in [-0.3, -0.25) is 9.78 Å². The normalized spacial score (nSPS) is 14.4. The first-order valence-corrected chi connectivity index (χ1v) is 9.95. The molecule has 10 heteroatoms. The number of carbonyl (C=O) groups is 1. The van der Waals surface area contributed by atoms with Gasteiger partial charge >= 0.3 is 0 Å². The van der Waals surface area contributed by atoms with E-state index in [1.54, 1.807) is 12.3 Å². The molecule has 3 aromatic rings. The van der Waals surface area contributed by atoms with Crippen molar-refractivity contribution in [2.75, 3.05) is 13.2 Å². The van der Waals surface area contributed by atoms with Crippen molar-refractivity contribution in [1.82, 2.24) is 25.7 Å². The first-order valence-electron chi connectivity index (χ1n) is 9.95. The van der Waals surface area contributed by atoms with Crippen molar-refractivity contribution in [3.63, 3.8) is 0 Å². The summed E-state index contributed by atoms with van der Waals surface area (Å²) in [5, 5.41) is 14.8. The van der Waals surface area contributed by atoms with E-state index in [4.69, 9.17) is 14.0 Å². The van der Waals surface area contributed by atoms with Crippen LogP contribution in [0.2, 0.25) is 0 Å². The van der Waals surface area contributed by atoms with Gasteiger partial charge in [-0.1, -0.05) is 5.16 Å². The molecule has 0 spiro atoms. The number of ether oxygens (including phenoxy) is 2. The molecule has 1 amide bonds. The summed E-state index contributed by atoms with van der Waals surface area (Å²) in [6.07, 6.45) is 3.19. The van der Waals surface area contributed by atoms with Crippen molar-refractivity contribution in [2.45, 2.75) is 39.1 Å². The van der Waals surface area contributed by atoms with Crippen molar-refractivity contribution in [1.29, 1.82) is 0 Å². The minimum atomic E-state index is -0.817. The highest BCUT2D eigenvalue weighted by molar-refractivity contribution is 5.92. The quantitative estimate of drug-likeness (QED) is 0.610. The Bertz CT molecular complexity index is 1020. The van der Waals surface area contributed by atoms with E-state index in [2.05, 4.69) is 25.7 Å². The monoisotopic (exact) mass is 429 g/mol. The van der Waals surface area contributed by atoms with Gasteiger partial charge in [0.2, 0.25) is 5.88 Å². The molecule has 0 aliphatic carbocycles. The molecule has 0 atom stereocenters. The standard InChI is InChI=1S/C21H22FN5O4.H2/c1-13-2-3-14(11-23-13)20-16(18(10-22)31-27-20)12-30-19-5-4-17(25-26-19)21(28)24-15-6-8-29-9-7-15;/h2-5,11,15H,6-10,12H2,1H3,(H,24,28);1H. The highest BCUT2D eigenvalue weighted by Crippen LogP contribution is 2.27. The number of aromatic nitrogens is 4. The molecule has 1 N–H and O–H groups in total. The molecule has 0 radical (unpaired) electrons. The second kappa shape index (κ2) is 9.61. The lowest BCUT2D eigenvalue weighted by Crippen LogP contribution is -2.39. The molecule has 4 heterocycles. The predicted octanol–water partition coefficient (Wildman–Crippen LogP) is 3.04. The van der Waals surface area contributed by atoms with E-state index in [1.807, 2.05) is 19.1 Å². The Kier molecular flexibility index (Phi) is 6.46. The molecule has 0 bridgehead atoms. The zero-order valence-corrected chi connectivity index (χ0v) is 17.0. The van der Waals surface area contributed by atoms with Crippen LogP contribution in [-0.4, -0.2) is 45.5 Å². The number of halogens is 1. The molecule has 1 fully saturated rings. The van der Waals surface area contributed by atoms with E-state index in [1.165, 1.54) is 6.07 Å². The van der Waals surface area contributed by atoms with Crippen LogP contribution in [0.5, 0.6) is 5.88 Å². The average Bonchev–Trinajstić information content (AvgIpc) is 3.22. The van der Waals surface area contributed by atoms with Gasteiger partial charge in [-0.25, -0.2) is 4.39 Å². The van der Waals surface area contributed by atoms with Crippen LogP contribution in [0.25, 0.3) is 11.3 Å². The topological polar surface area (TPSA) is 112 Å². The Morgan fingerprint density at radius 3 is 2.77 bits per heavy atom. The van der Waals surface area contributed by atoms with Gasteiger partial charge in [-0.15, -0.1) is 10.2 Å². The fourth-order valence-corrected chi connectivity index (χ4v) is 3.20. The summed E-state index contributed by atoms with van der Waals surface area (Å²) in [4.78, 5) is 16.5. The molecule has 4 rings (SSSR count). The number of hydrogen-bond acceptors (Lipinski definition) is 8. The molecule has 3 aromatic heterocycles. The van der Waals surface area contributed by atoms with Gasteiger partial charge in [-0.2, -0.15) is 0 Å². The van der Waals surface area contributed by atoms with Gasteiger partial charge in [0.15, 0.2) is 18.1 Å². The fourth-order valence-electron chi connectivity index (χ4n) is 3.20. The smallest absolute Gasteiger partial charge is 0.272 e. The number of nitrogens with zero attached hydrogens (tertiary/aromatic N) is 4. The summed E-state index contributed by atoms with van der Waals surface area (Å²) < 4.78 is 29.4. The summed E-state index contributed by atoms with van der Waals surface area (Å²) >= 11 is 0. The molecular weight excluding hydrogens is 405 g/mol. The molecule has 0 aromatic carbocycles. The number of aryl methyl sites for hydroxylation is 1. The van der Waals surface area contributed by atoms with Gasteiger partial charge in [0.05, 0.1) is 5.56 Å². The Morgan fingerprint density at radius 1 is 1.26 bits per heavy atom. The van der Waals surface area contributed by atoms with Crippen LogP contribution in [0.3, 0.4) is 0 Å². The van der Waals surface area contributed by atoms with Crippen LogP contribution < -0.4 is 10.1 Å². The molecule has 9 nitrogen and oxygen atoms in total. The first kappa shape index (κ1) is 20.9. The third kappa shape index (κ3) is 5.02. The molecular formula is C21H24FN5O4. The van der Waals surface area contributed by atoms with Crippen molar-refractivity contribution >= 4 is 5.91 Å². The zero-order valence-electron chi connectivity index (χ0n) is 17.0. The SMILES string of the molecule is Cc1ccc(-c2noc(CF)c2COc2ccc(C(=O)NC3CCOCC3)nn2)cn1.[HH]. The lowest BCUT2D eigenvalue weighted by Gasteiger charge is -2.22. The number of hydrogen-bond donors (Lipinski definition) is 1. The number of alkyl halides is 1. The van der Waals surface area contributed by atoms with Crippen LogP contribution in [0, 0.1) is 6.92 Å². The molecule has 0 saturated carbocycles. The zero-order chi connectivity index (χ0) is 21.6. The molecule has 164 valence electrons. The van der Waals surface area contributed by atoms with Gasteiger partial charge in [0, 0.05) is 44.2 Å². The third-order valence-corrected chi connectivity index (χ3v) is 4.97. The van der Waals surface area contributed by atoms with Gasteiger partial charge in [0.25, 0.3) is 5.91 Å². The predicted molar refractivity (Wildman–Crippen MR) is 109 cm³/mol. The van der Waals surface area contributed by atoms with E-state index in [-0.39, 0.29) is 37.3 Å². The molecule has 31 heavy (non-hydrogen) atoms. The minimum absolute atomic E-state index is 0. The Hall–Kier alpha value is -3.40. The van der Waals surface area contributed by atoms with Crippen molar-refractivity contribution < 1.29 is 24.6 Å². The summed E-state index contributed by atoms with van der Waals surface area (Å²) in [6, 6.07) is 6.81. The number of carbonyl (C=O) groups excluding carboxylic acids is 1. The second-order valence-electron chi connectivity index (χ2n) is 7.16. The number of amides is 1. The van der Waals surface area contributed by atoms with Crippen molar-refractivity contribution in [2.24, 2.45) is 0 Å². The number of rotatable bonds is 7. The molecule has 1 aliphatic rings. The lowest BCUT2D eigenvalue weighted by molar-refractivity contribution is 0.0693. The maximum Gasteiger partial charge on any atom is 0.272 e. The van der Waals surface area contributed by atoms with E-state index in [0.717, 1.165) is 18.5 Å². The average molecular weight is 429 g/mol. The fraction of sp³-hybridized carbons (Fsp3) is 0.381. The highest BCUT2D eigenvalue weighted by atomic mass is 19.1. The van der Waals surface area contributed by atoms with Crippen LogP contribution in [-0.2, 0) is 18.0 Å². The number of pyridine rings is 1. The summed E-state index contributed by atoms with van der Waals surface area (Å²) in [5.74, 6) is -0.0172. The maximum atomic E-state index is 13.4. The minimum Gasteiger partial charge on any atom is -0.471 e. The van der Waals surface area contributed by atoms with Crippen molar-refractivity contribution in [3.8, 4) is 17.1 Å². The summed E-state index contributed by atoms with van der Waals surface area (Å²) in [5.41, 5.74) is 2.67. The maximum absolute atomic E-state index is 13.4.